The Morgan fingerprint density at radius 1 is 0.762 bits per heavy atom. The Kier molecular flexibility index (Phi) is 14.5. The maximum absolute atomic E-state index is 11.0. The molecule has 0 unspecified atom stereocenters. The first kappa shape index (κ1) is 19.9. The van der Waals surface area contributed by atoms with E-state index in [9.17, 15) is 9.59 Å². The number of unbranched alkanes of at least 4 members (excludes halogenated alkanes) is 10. The molecule has 0 aromatic rings. The molecular weight excluding hydrogens is 262 g/mol. The molecule has 0 heterocycles. The topological polar surface area (TPSA) is 60.2 Å². The lowest BCUT2D eigenvalue weighted by molar-refractivity contribution is -0.136. The third-order valence-corrected chi connectivity index (χ3v) is 3.69. The van der Waals surface area contributed by atoms with Crippen molar-refractivity contribution < 1.29 is 9.59 Å². The van der Waals surface area contributed by atoms with E-state index in [0.29, 0.717) is 6.42 Å². The normalized spacial score (nSPS) is 11.1. The van der Waals surface area contributed by atoms with Crippen molar-refractivity contribution in [2.24, 2.45) is 5.73 Å². The molecule has 3 nitrogen and oxygen atoms in total. The quantitative estimate of drug-likeness (QED) is 0.271. The van der Waals surface area contributed by atoms with Crippen LogP contribution in [0.25, 0.3) is 0 Å². The summed E-state index contributed by atoms with van der Waals surface area (Å²) in [6, 6.07) is 0. The number of carbonyl (C=O) groups is 2. The van der Waals surface area contributed by atoms with Crippen molar-refractivity contribution in [1.82, 2.24) is 0 Å². The van der Waals surface area contributed by atoms with Gasteiger partial charge in [-0.1, -0.05) is 64.0 Å². The van der Waals surface area contributed by atoms with Gasteiger partial charge in [-0.2, -0.15) is 0 Å². The van der Waals surface area contributed by atoms with Crippen molar-refractivity contribution in [3.8, 4) is 0 Å². The van der Waals surface area contributed by atoms with Gasteiger partial charge in [0.1, 0.15) is 0 Å². The average Bonchev–Trinajstić information content (AvgIpc) is 2.47. The minimum Gasteiger partial charge on any atom is -0.363 e. The maximum Gasteiger partial charge on any atom is 0.284 e. The van der Waals surface area contributed by atoms with Crippen molar-refractivity contribution in [3.05, 3.63) is 12.2 Å². The largest absolute Gasteiger partial charge is 0.363 e. The summed E-state index contributed by atoms with van der Waals surface area (Å²) in [5, 5.41) is 0. The fourth-order valence-corrected chi connectivity index (χ4v) is 2.30. The third kappa shape index (κ3) is 15.1. The van der Waals surface area contributed by atoms with Gasteiger partial charge in [-0.3, -0.25) is 9.59 Å². The summed E-state index contributed by atoms with van der Waals surface area (Å²) in [4.78, 5) is 21.5. The van der Waals surface area contributed by atoms with Crippen LogP contribution in [0.3, 0.4) is 0 Å². The minimum absolute atomic E-state index is 0.309. The highest BCUT2D eigenvalue weighted by Crippen LogP contribution is 2.09. The number of amides is 1. The number of nitrogens with two attached hydrogens (primary N) is 1. The Morgan fingerprint density at radius 3 is 1.76 bits per heavy atom. The van der Waals surface area contributed by atoms with Crippen LogP contribution in [0.1, 0.15) is 90.4 Å². The van der Waals surface area contributed by atoms with Gasteiger partial charge in [-0.05, 0) is 32.1 Å². The van der Waals surface area contributed by atoms with Crippen molar-refractivity contribution in [1.29, 1.82) is 0 Å². The lowest BCUT2D eigenvalue weighted by atomic mass is 10.1. The molecule has 1 amide bonds. The SMILES string of the molecule is CCCCCCCC/C=C\CCCCCCC(=O)C(N)=O. The minimum atomic E-state index is -0.798. The predicted molar refractivity (Wildman–Crippen MR) is 89.0 cm³/mol. The molecule has 0 bridgehead atoms. The standard InChI is InChI=1S/C18H33NO2/c1-2-3-4-5-6-7-8-9-10-11-12-13-14-15-16-17(20)18(19)21/h9-10H,2-8,11-16H2,1H3,(H2,19,21)/b10-9-. The molecule has 122 valence electrons. The molecular formula is C18H33NO2. The second-order valence-corrected chi connectivity index (χ2v) is 5.77. The van der Waals surface area contributed by atoms with Crippen LogP contribution in [0.15, 0.2) is 12.2 Å². The molecule has 3 heteroatoms. The van der Waals surface area contributed by atoms with Crippen LogP contribution in [0.4, 0.5) is 0 Å². The zero-order chi connectivity index (χ0) is 15.8. The highest BCUT2D eigenvalue weighted by Gasteiger charge is 2.06. The first-order valence-corrected chi connectivity index (χ1v) is 8.66. The van der Waals surface area contributed by atoms with E-state index < -0.39 is 11.7 Å². The highest BCUT2D eigenvalue weighted by atomic mass is 16.2. The number of Topliss-reactive ketones (excluding diaryl/α,β-unsaturated/α-hetero) is 1. The average molecular weight is 295 g/mol. The van der Waals surface area contributed by atoms with Gasteiger partial charge in [0.25, 0.3) is 5.91 Å². The van der Waals surface area contributed by atoms with Gasteiger partial charge in [0, 0.05) is 6.42 Å². The van der Waals surface area contributed by atoms with E-state index in [2.05, 4.69) is 19.1 Å². The first-order chi connectivity index (χ1) is 10.2. The van der Waals surface area contributed by atoms with E-state index in [1.54, 1.807) is 0 Å². The number of hydrogen-bond acceptors (Lipinski definition) is 2. The van der Waals surface area contributed by atoms with Crippen LogP contribution in [0, 0.1) is 0 Å². The molecule has 0 aromatic carbocycles. The van der Waals surface area contributed by atoms with Crippen LogP contribution >= 0.6 is 0 Å². The lowest BCUT2D eigenvalue weighted by Gasteiger charge is -1.99. The second-order valence-electron chi connectivity index (χ2n) is 5.77. The van der Waals surface area contributed by atoms with Gasteiger partial charge in [-0.25, -0.2) is 0 Å². The molecule has 0 atom stereocenters. The van der Waals surface area contributed by atoms with Crippen LogP contribution in [0.2, 0.25) is 0 Å². The predicted octanol–water partition coefficient (Wildman–Crippen LogP) is 4.69. The molecule has 0 aliphatic carbocycles. The molecule has 0 aliphatic heterocycles. The number of ketones is 1. The molecule has 0 spiro atoms. The summed E-state index contributed by atoms with van der Waals surface area (Å²) in [6.07, 6.45) is 19.4. The number of allylic oxidation sites excluding steroid dienone is 2. The molecule has 0 fully saturated rings. The van der Waals surface area contributed by atoms with Crippen molar-refractivity contribution in [2.45, 2.75) is 90.4 Å². The summed E-state index contributed by atoms with van der Waals surface area (Å²) >= 11 is 0. The van der Waals surface area contributed by atoms with E-state index in [1.807, 2.05) is 0 Å². The fourth-order valence-electron chi connectivity index (χ4n) is 2.30. The van der Waals surface area contributed by atoms with Crippen LogP contribution in [0.5, 0.6) is 0 Å². The van der Waals surface area contributed by atoms with E-state index in [0.717, 1.165) is 32.1 Å². The number of hydrogen-bond donors (Lipinski definition) is 1. The first-order valence-electron chi connectivity index (χ1n) is 8.66. The zero-order valence-electron chi connectivity index (χ0n) is 13.7. The summed E-state index contributed by atoms with van der Waals surface area (Å²) < 4.78 is 0. The molecule has 0 saturated carbocycles. The number of primary amides is 1. The second kappa shape index (κ2) is 15.3. The smallest absolute Gasteiger partial charge is 0.284 e. The van der Waals surface area contributed by atoms with Gasteiger partial charge in [-0.15, -0.1) is 0 Å². The molecule has 0 saturated heterocycles. The summed E-state index contributed by atoms with van der Waals surface area (Å²) in [5.74, 6) is -1.23. The molecule has 0 aromatic heterocycles. The van der Waals surface area contributed by atoms with Crippen LogP contribution in [-0.2, 0) is 9.59 Å². The fraction of sp³-hybridized carbons (Fsp3) is 0.778. The van der Waals surface area contributed by atoms with Gasteiger partial charge >= 0.3 is 0 Å². The van der Waals surface area contributed by atoms with Crippen molar-refractivity contribution in [3.63, 3.8) is 0 Å². The lowest BCUT2D eigenvalue weighted by Crippen LogP contribution is -2.22. The summed E-state index contributed by atoms with van der Waals surface area (Å²) in [7, 11) is 0. The van der Waals surface area contributed by atoms with E-state index in [1.165, 1.54) is 44.9 Å². The summed E-state index contributed by atoms with van der Waals surface area (Å²) in [6.45, 7) is 2.25. The Hall–Kier alpha value is -1.12. The van der Waals surface area contributed by atoms with Gasteiger partial charge in [0.2, 0.25) is 5.78 Å². The van der Waals surface area contributed by atoms with E-state index in [-0.39, 0.29) is 0 Å². The molecule has 0 radical (unpaired) electrons. The molecule has 2 N–H and O–H groups in total. The van der Waals surface area contributed by atoms with Gasteiger partial charge in [0.15, 0.2) is 0 Å². The van der Waals surface area contributed by atoms with Crippen LogP contribution < -0.4 is 5.73 Å². The molecule has 0 rings (SSSR count). The molecule has 0 aliphatic rings. The number of carbonyl (C=O) groups excluding carboxylic acids is 2. The van der Waals surface area contributed by atoms with Gasteiger partial charge in [0.05, 0.1) is 0 Å². The van der Waals surface area contributed by atoms with Crippen LogP contribution in [-0.4, -0.2) is 11.7 Å². The number of rotatable bonds is 15. The third-order valence-electron chi connectivity index (χ3n) is 3.69. The molecule has 21 heavy (non-hydrogen) atoms. The van der Waals surface area contributed by atoms with Crippen molar-refractivity contribution >= 4 is 11.7 Å². The Bertz CT molecular complexity index is 298. The van der Waals surface area contributed by atoms with Crippen molar-refractivity contribution in [2.75, 3.05) is 0 Å². The van der Waals surface area contributed by atoms with E-state index >= 15 is 0 Å². The Balaban J connectivity index is 3.19. The highest BCUT2D eigenvalue weighted by molar-refractivity contribution is 6.35. The monoisotopic (exact) mass is 295 g/mol. The Labute approximate surface area is 130 Å². The Morgan fingerprint density at radius 2 is 1.24 bits per heavy atom. The maximum atomic E-state index is 11.0. The zero-order valence-corrected chi connectivity index (χ0v) is 13.7. The summed E-state index contributed by atoms with van der Waals surface area (Å²) in [5.41, 5.74) is 4.89. The van der Waals surface area contributed by atoms with E-state index in [4.69, 9.17) is 5.73 Å². The van der Waals surface area contributed by atoms with Gasteiger partial charge < -0.3 is 5.73 Å².